The standard InChI is InChI=1S/C14H15N3S/c1-10-6-7-11(18-10)8-15-9-14-16-12-4-2-3-5-13(12)17-14/h2-7,15H,8-9H2,1H3,(H,16,17). The Labute approximate surface area is 110 Å². The molecule has 4 heteroatoms. The lowest BCUT2D eigenvalue weighted by Crippen LogP contribution is -2.12. The van der Waals surface area contributed by atoms with Crippen LogP contribution in [0.5, 0.6) is 0 Å². The van der Waals surface area contributed by atoms with Gasteiger partial charge in [0.05, 0.1) is 17.6 Å². The van der Waals surface area contributed by atoms with Crippen LogP contribution in [0.15, 0.2) is 36.4 Å². The maximum absolute atomic E-state index is 4.53. The van der Waals surface area contributed by atoms with Gasteiger partial charge in [0.25, 0.3) is 0 Å². The van der Waals surface area contributed by atoms with E-state index in [0.29, 0.717) is 0 Å². The van der Waals surface area contributed by atoms with Crippen LogP contribution in [-0.2, 0) is 13.1 Å². The Kier molecular flexibility index (Phi) is 3.13. The third kappa shape index (κ3) is 2.44. The first kappa shape index (κ1) is 11.4. The van der Waals surface area contributed by atoms with Gasteiger partial charge in [0.15, 0.2) is 0 Å². The minimum atomic E-state index is 0.769. The van der Waals surface area contributed by atoms with Crippen molar-refractivity contribution in [3.63, 3.8) is 0 Å². The fourth-order valence-electron chi connectivity index (χ4n) is 1.97. The second-order valence-corrected chi connectivity index (χ2v) is 5.69. The summed E-state index contributed by atoms with van der Waals surface area (Å²) < 4.78 is 0. The number of fused-ring (bicyclic) bond motifs is 1. The summed E-state index contributed by atoms with van der Waals surface area (Å²) in [7, 11) is 0. The van der Waals surface area contributed by atoms with Crippen molar-refractivity contribution in [2.75, 3.05) is 0 Å². The van der Waals surface area contributed by atoms with Crippen molar-refractivity contribution in [3.8, 4) is 0 Å². The molecular weight excluding hydrogens is 242 g/mol. The lowest BCUT2D eigenvalue weighted by molar-refractivity contribution is 0.677. The molecule has 3 rings (SSSR count). The molecule has 0 amide bonds. The van der Waals surface area contributed by atoms with Crippen LogP contribution < -0.4 is 5.32 Å². The van der Waals surface area contributed by atoms with Crippen molar-refractivity contribution >= 4 is 22.4 Å². The fraction of sp³-hybridized carbons (Fsp3) is 0.214. The number of para-hydroxylation sites is 2. The Balaban J connectivity index is 1.62. The summed E-state index contributed by atoms with van der Waals surface area (Å²) in [5.41, 5.74) is 2.13. The van der Waals surface area contributed by atoms with Crippen LogP contribution in [0, 0.1) is 6.92 Å². The quantitative estimate of drug-likeness (QED) is 0.753. The van der Waals surface area contributed by atoms with Crippen LogP contribution in [0.4, 0.5) is 0 Å². The Morgan fingerprint density at radius 2 is 2.06 bits per heavy atom. The summed E-state index contributed by atoms with van der Waals surface area (Å²) in [5, 5.41) is 3.41. The monoisotopic (exact) mass is 257 g/mol. The highest BCUT2D eigenvalue weighted by Gasteiger charge is 2.02. The van der Waals surface area contributed by atoms with E-state index in [9.17, 15) is 0 Å². The predicted octanol–water partition coefficient (Wildman–Crippen LogP) is 3.22. The molecule has 1 aromatic carbocycles. The SMILES string of the molecule is Cc1ccc(CNCc2nc3ccccc3[nH]2)s1. The van der Waals surface area contributed by atoms with Crippen LogP contribution in [0.1, 0.15) is 15.6 Å². The highest BCUT2D eigenvalue weighted by Crippen LogP contribution is 2.15. The van der Waals surface area contributed by atoms with Gasteiger partial charge in [-0.05, 0) is 31.2 Å². The molecule has 0 aliphatic heterocycles. The van der Waals surface area contributed by atoms with Gasteiger partial charge in [0.2, 0.25) is 0 Å². The zero-order chi connectivity index (χ0) is 12.4. The molecule has 18 heavy (non-hydrogen) atoms. The molecule has 0 unspecified atom stereocenters. The number of aromatic amines is 1. The predicted molar refractivity (Wildman–Crippen MR) is 75.7 cm³/mol. The smallest absolute Gasteiger partial charge is 0.121 e. The van der Waals surface area contributed by atoms with Crippen LogP contribution in [-0.4, -0.2) is 9.97 Å². The minimum absolute atomic E-state index is 0.769. The van der Waals surface area contributed by atoms with Crippen LogP contribution in [0.2, 0.25) is 0 Å². The third-order valence-electron chi connectivity index (χ3n) is 2.83. The minimum Gasteiger partial charge on any atom is -0.341 e. The van der Waals surface area contributed by atoms with E-state index >= 15 is 0 Å². The van der Waals surface area contributed by atoms with E-state index in [1.165, 1.54) is 9.75 Å². The molecule has 0 bridgehead atoms. The average Bonchev–Trinajstić information content (AvgIpc) is 2.95. The highest BCUT2D eigenvalue weighted by molar-refractivity contribution is 7.11. The largest absolute Gasteiger partial charge is 0.341 e. The van der Waals surface area contributed by atoms with Gasteiger partial charge in [-0.2, -0.15) is 0 Å². The number of rotatable bonds is 4. The van der Waals surface area contributed by atoms with Gasteiger partial charge >= 0.3 is 0 Å². The first-order chi connectivity index (χ1) is 8.81. The van der Waals surface area contributed by atoms with E-state index in [-0.39, 0.29) is 0 Å². The summed E-state index contributed by atoms with van der Waals surface area (Å²) in [5.74, 6) is 0.990. The van der Waals surface area contributed by atoms with E-state index in [4.69, 9.17) is 0 Å². The van der Waals surface area contributed by atoms with Crippen LogP contribution >= 0.6 is 11.3 Å². The van der Waals surface area contributed by atoms with Crippen molar-refractivity contribution in [1.29, 1.82) is 0 Å². The van der Waals surface area contributed by atoms with Gasteiger partial charge in [-0.1, -0.05) is 12.1 Å². The molecule has 0 aliphatic rings. The molecule has 0 fully saturated rings. The zero-order valence-electron chi connectivity index (χ0n) is 10.2. The van der Waals surface area contributed by atoms with Crippen molar-refractivity contribution in [3.05, 3.63) is 52.0 Å². The maximum Gasteiger partial charge on any atom is 0.121 e. The van der Waals surface area contributed by atoms with Gasteiger partial charge < -0.3 is 10.3 Å². The molecule has 92 valence electrons. The first-order valence-electron chi connectivity index (χ1n) is 6.01. The number of hydrogen-bond donors (Lipinski definition) is 2. The maximum atomic E-state index is 4.53. The number of aromatic nitrogens is 2. The van der Waals surface area contributed by atoms with Crippen molar-refractivity contribution in [2.45, 2.75) is 20.0 Å². The van der Waals surface area contributed by atoms with Crippen LogP contribution in [0.3, 0.4) is 0 Å². The zero-order valence-corrected chi connectivity index (χ0v) is 11.1. The number of nitrogens with zero attached hydrogens (tertiary/aromatic N) is 1. The highest BCUT2D eigenvalue weighted by atomic mass is 32.1. The topological polar surface area (TPSA) is 40.7 Å². The molecule has 0 saturated carbocycles. The number of hydrogen-bond acceptors (Lipinski definition) is 3. The first-order valence-corrected chi connectivity index (χ1v) is 6.82. The fourth-order valence-corrected chi connectivity index (χ4v) is 2.83. The van der Waals surface area contributed by atoms with E-state index in [2.05, 4.69) is 40.4 Å². The summed E-state index contributed by atoms with van der Waals surface area (Å²) in [6.45, 7) is 3.80. The Bertz CT molecular complexity index is 621. The second-order valence-electron chi connectivity index (χ2n) is 4.32. The average molecular weight is 257 g/mol. The van der Waals surface area contributed by atoms with E-state index in [0.717, 1.165) is 29.9 Å². The number of benzene rings is 1. The van der Waals surface area contributed by atoms with Crippen molar-refractivity contribution < 1.29 is 0 Å². The molecule has 0 atom stereocenters. The number of H-pyrrole nitrogens is 1. The van der Waals surface area contributed by atoms with E-state index in [1.54, 1.807) is 0 Å². The molecule has 0 spiro atoms. The molecular formula is C14H15N3S. The van der Waals surface area contributed by atoms with Gasteiger partial charge in [0, 0.05) is 16.3 Å². The number of imidazole rings is 1. The molecule has 3 nitrogen and oxygen atoms in total. The molecule has 0 aliphatic carbocycles. The number of aryl methyl sites for hydroxylation is 1. The number of thiophene rings is 1. The van der Waals surface area contributed by atoms with Gasteiger partial charge in [-0.3, -0.25) is 0 Å². The Morgan fingerprint density at radius 3 is 2.83 bits per heavy atom. The molecule has 2 heterocycles. The summed E-state index contributed by atoms with van der Waals surface area (Å²) in [4.78, 5) is 10.6. The van der Waals surface area contributed by atoms with E-state index < -0.39 is 0 Å². The Hall–Kier alpha value is -1.65. The third-order valence-corrected chi connectivity index (χ3v) is 3.83. The van der Waals surface area contributed by atoms with Crippen molar-refractivity contribution in [1.82, 2.24) is 15.3 Å². The molecule has 0 radical (unpaired) electrons. The van der Waals surface area contributed by atoms with E-state index in [1.807, 2.05) is 29.5 Å². The molecule has 0 saturated heterocycles. The second kappa shape index (κ2) is 4.92. The van der Waals surface area contributed by atoms with Gasteiger partial charge in [0.1, 0.15) is 5.82 Å². The summed E-state index contributed by atoms with van der Waals surface area (Å²) >= 11 is 1.83. The lowest BCUT2D eigenvalue weighted by atomic mass is 10.3. The molecule has 2 aromatic heterocycles. The molecule has 3 aromatic rings. The normalized spacial score (nSPS) is 11.2. The van der Waals surface area contributed by atoms with Gasteiger partial charge in [-0.25, -0.2) is 4.98 Å². The molecule has 2 N–H and O–H groups in total. The van der Waals surface area contributed by atoms with Gasteiger partial charge in [-0.15, -0.1) is 11.3 Å². The summed E-state index contributed by atoms with van der Waals surface area (Å²) in [6.07, 6.45) is 0. The van der Waals surface area contributed by atoms with Crippen molar-refractivity contribution in [2.24, 2.45) is 0 Å². The summed E-state index contributed by atoms with van der Waals surface area (Å²) in [6, 6.07) is 12.4. The number of nitrogens with one attached hydrogen (secondary N) is 2. The van der Waals surface area contributed by atoms with Crippen LogP contribution in [0.25, 0.3) is 11.0 Å². The lowest BCUT2D eigenvalue weighted by Gasteiger charge is -1.99. The Morgan fingerprint density at radius 1 is 1.17 bits per heavy atom.